The van der Waals surface area contributed by atoms with Crippen LogP contribution in [0.15, 0.2) is 42.5 Å². The summed E-state index contributed by atoms with van der Waals surface area (Å²) in [6, 6.07) is 14.0. The van der Waals surface area contributed by atoms with E-state index in [1.807, 2.05) is 50.2 Å². The van der Waals surface area contributed by atoms with Gasteiger partial charge in [0.05, 0.1) is 12.5 Å². The van der Waals surface area contributed by atoms with Gasteiger partial charge in [-0.3, -0.25) is 4.79 Å². The lowest BCUT2D eigenvalue weighted by Crippen LogP contribution is -2.14. The van der Waals surface area contributed by atoms with Gasteiger partial charge in [0.2, 0.25) is 5.91 Å². The molecule has 0 fully saturated rings. The van der Waals surface area contributed by atoms with Gasteiger partial charge in [-0.25, -0.2) is 0 Å². The average molecular weight is 281 g/mol. The second-order valence-electron chi connectivity index (χ2n) is 5.38. The molecular formula is C18H19NO2. The lowest BCUT2D eigenvalue weighted by Gasteiger charge is -2.13. The molecule has 1 heterocycles. The SMILES string of the molecule is CCOc1ccccc1C[C@@H]1C(=O)Nc2ccc(C)cc21. The fourth-order valence-corrected chi connectivity index (χ4v) is 2.84. The fraction of sp³-hybridized carbons (Fsp3) is 0.278. The van der Waals surface area contributed by atoms with Crippen LogP contribution in [-0.2, 0) is 11.2 Å². The molecule has 1 atom stereocenters. The molecule has 0 saturated carbocycles. The van der Waals surface area contributed by atoms with E-state index >= 15 is 0 Å². The molecule has 0 saturated heterocycles. The number of benzene rings is 2. The third-order valence-corrected chi connectivity index (χ3v) is 3.85. The summed E-state index contributed by atoms with van der Waals surface area (Å²) in [6.45, 7) is 4.65. The van der Waals surface area contributed by atoms with Gasteiger partial charge in [-0.05, 0) is 43.5 Å². The minimum absolute atomic E-state index is 0.0712. The molecule has 1 amide bonds. The molecule has 1 aliphatic heterocycles. The lowest BCUT2D eigenvalue weighted by molar-refractivity contribution is -0.117. The van der Waals surface area contributed by atoms with Crippen LogP contribution in [-0.4, -0.2) is 12.5 Å². The highest BCUT2D eigenvalue weighted by atomic mass is 16.5. The molecule has 108 valence electrons. The molecule has 2 aromatic carbocycles. The van der Waals surface area contributed by atoms with Crippen molar-refractivity contribution in [2.45, 2.75) is 26.2 Å². The first-order valence-corrected chi connectivity index (χ1v) is 7.31. The van der Waals surface area contributed by atoms with Crippen LogP contribution >= 0.6 is 0 Å². The van der Waals surface area contributed by atoms with Gasteiger partial charge in [0, 0.05) is 5.69 Å². The van der Waals surface area contributed by atoms with Gasteiger partial charge in [-0.15, -0.1) is 0 Å². The van der Waals surface area contributed by atoms with Crippen molar-refractivity contribution >= 4 is 11.6 Å². The molecule has 21 heavy (non-hydrogen) atoms. The Morgan fingerprint density at radius 3 is 2.81 bits per heavy atom. The summed E-state index contributed by atoms with van der Waals surface area (Å²) >= 11 is 0. The normalized spacial score (nSPS) is 16.5. The zero-order valence-electron chi connectivity index (χ0n) is 12.3. The van der Waals surface area contributed by atoms with Gasteiger partial charge in [0.15, 0.2) is 0 Å². The highest BCUT2D eigenvalue weighted by Gasteiger charge is 2.31. The number of carbonyl (C=O) groups excluding carboxylic acids is 1. The molecule has 0 aliphatic carbocycles. The first-order chi connectivity index (χ1) is 10.2. The average Bonchev–Trinajstić information content (AvgIpc) is 2.77. The van der Waals surface area contributed by atoms with Gasteiger partial charge in [-0.2, -0.15) is 0 Å². The zero-order valence-corrected chi connectivity index (χ0v) is 12.3. The Morgan fingerprint density at radius 1 is 1.19 bits per heavy atom. The van der Waals surface area contributed by atoms with Crippen molar-refractivity contribution in [3.05, 3.63) is 59.2 Å². The summed E-state index contributed by atoms with van der Waals surface area (Å²) in [5.74, 6) is 0.803. The highest BCUT2D eigenvalue weighted by Crippen LogP contribution is 2.36. The molecular weight excluding hydrogens is 262 g/mol. The maximum Gasteiger partial charge on any atom is 0.232 e. The van der Waals surface area contributed by atoms with Gasteiger partial charge >= 0.3 is 0 Å². The molecule has 2 aromatic rings. The number of amides is 1. The standard InChI is InChI=1S/C18H19NO2/c1-3-21-17-7-5-4-6-13(17)11-15-14-10-12(2)8-9-16(14)19-18(15)20/h4-10,15H,3,11H2,1-2H3,(H,19,20)/t15-/m0/s1. The Kier molecular flexibility index (Phi) is 3.65. The van der Waals surface area contributed by atoms with E-state index in [1.54, 1.807) is 0 Å². The molecule has 3 heteroatoms. The molecule has 0 unspecified atom stereocenters. The van der Waals surface area contributed by atoms with Gasteiger partial charge in [0.1, 0.15) is 5.75 Å². The Morgan fingerprint density at radius 2 is 2.00 bits per heavy atom. The molecule has 1 aliphatic rings. The van der Waals surface area contributed by atoms with E-state index in [2.05, 4.69) is 11.4 Å². The number of fused-ring (bicyclic) bond motifs is 1. The zero-order chi connectivity index (χ0) is 14.8. The van der Waals surface area contributed by atoms with E-state index in [9.17, 15) is 4.79 Å². The van der Waals surface area contributed by atoms with Crippen LogP contribution in [0.1, 0.15) is 29.5 Å². The Hall–Kier alpha value is -2.29. The first kappa shape index (κ1) is 13.7. The number of carbonyl (C=O) groups is 1. The van der Waals surface area contributed by atoms with Gasteiger partial charge in [0.25, 0.3) is 0 Å². The van der Waals surface area contributed by atoms with Crippen molar-refractivity contribution in [1.82, 2.24) is 0 Å². The molecule has 1 N–H and O–H groups in total. The number of aryl methyl sites for hydroxylation is 1. The van der Waals surface area contributed by atoms with Gasteiger partial charge in [-0.1, -0.05) is 35.9 Å². The number of para-hydroxylation sites is 1. The van der Waals surface area contributed by atoms with Crippen LogP contribution in [0.2, 0.25) is 0 Å². The minimum Gasteiger partial charge on any atom is -0.494 e. The van der Waals surface area contributed by atoms with Crippen LogP contribution in [0.4, 0.5) is 5.69 Å². The molecule has 0 bridgehead atoms. The third kappa shape index (κ3) is 2.64. The topological polar surface area (TPSA) is 38.3 Å². The number of anilines is 1. The molecule has 0 aromatic heterocycles. The van der Waals surface area contributed by atoms with E-state index in [-0.39, 0.29) is 11.8 Å². The summed E-state index contributed by atoms with van der Waals surface area (Å²) < 4.78 is 5.66. The number of hydrogen-bond acceptors (Lipinski definition) is 2. The van der Waals surface area contributed by atoms with E-state index in [0.717, 1.165) is 22.6 Å². The number of ether oxygens (including phenoxy) is 1. The smallest absolute Gasteiger partial charge is 0.232 e. The van der Waals surface area contributed by atoms with Crippen molar-refractivity contribution in [3.63, 3.8) is 0 Å². The minimum atomic E-state index is -0.137. The Labute approximate surface area is 124 Å². The first-order valence-electron chi connectivity index (χ1n) is 7.31. The van der Waals surface area contributed by atoms with Crippen molar-refractivity contribution in [1.29, 1.82) is 0 Å². The maximum absolute atomic E-state index is 12.3. The third-order valence-electron chi connectivity index (χ3n) is 3.85. The summed E-state index contributed by atoms with van der Waals surface area (Å²) in [6.07, 6.45) is 0.665. The van der Waals surface area contributed by atoms with E-state index in [4.69, 9.17) is 4.74 Å². The van der Waals surface area contributed by atoms with Crippen molar-refractivity contribution in [3.8, 4) is 5.75 Å². The van der Waals surface area contributed by atoms with E-state index in [1.165, 1.54) is 5.56 Å². The summed E-state index contributed by atoms with van der Waals surface area (Å²) in [7, 11) is 0. The molecule has 3 rings (SSSR count). The largest absolute Gasteiger partial charge is 0.494 e. The summed E-state index contributed by atoms with van der Waals surface area (Å²) in [5.41, 5.74) is 4.28. The predicted octanol–water partition coefficient (Wildman–Crippen LogP) is 3.67. The monoisotopic (exact) mass is 281 g/mol. The summed E-state index contributed by atoms with van der Waals surface area (Å²) in [5, 5.41) is 2.97. The predicted molar refractivity (Wildman–Crippen MR) is 83.9 cm³/mol. The van der Waals surface area contributed by atoms with Crippen molar-refractivity contribution in [2.75, 3.05) is 11.9 Å². The Balaban J connectivity index is 1.93. The number of rotatable bonds is 4. The summed E-state index contributed by atoms with van der Waals surface area (Å²) in [4.78, 5) is 12.3. The van der Waals surface area contributed by atoms with Crippen molar-refractivity contribution in [2.24, 2.45) is 0 Å². The molecule has 3 nitrogen and oxygen atoms in total. The van der Waals surface area contributed by atoms with Crippen LogP contribution in [0, 0.1) is 6.92 Å². The van der Waals surface area contributed by atoms with Gasteiger partial charge < -0.3 is 10.1 Å². The second-order valence-corrected chi connectivity index (χ2v) is 5.38. The van der Waals surface area contributed by atoms with E-state index < -0.39 is 0 Å². The van der Waals surface area contributed by atoms with Crippen LogP contribution in [0.3, 0.4) is 0 Å². The lowest BCUT2D eigenvalue weighted by atomic mass is 9.92. The quantitative estimate of drug-likeness (QED) is 0.928. The highest BCUT2D eigenvalue weighted by molar-refractivity contribution is 6.03. The van der Waals surface area contributed by atoms with Crippen LogP contribution < -0.4 is 10.1 Å². The van der Waals surface area contributed by atoms with Crippen molar-refractivity contribution < 1.29 is 9.53 Å². The maximum atomic E-state index is 12.3. The van der Waals surface area contributed by atoms with Crippen LogP contribution in [0.5, 0.6) is 5.75 Å². The molecule has 0 radical (unpaired) electrons. The fourth-order valence-electron chi connectivity index (χ4n) is 2.84. The number of hydrogen-bond donors (Lipinski definition) is 1. The van der Waals surface area contributed by atoms with Crippen LogP contribution in [0.25, 0.3) is 0 Å². The second kappa shape index (κ2) is 5.60. The number of nitrogens with one attached hydrogen (secondary N) is 1. The Bertz CT molecular complexity index is 679. The molecule has 0 spiro atoms. The van der Waals surface area contributed by atoms with E-state index in [0.29, 0.717) is 13.0 Å².